The molecule has 1 saturated carbocycles. The Bertz CT molecular complexity index is 414. The van der Waals surface area contributed by atoms with Crippen LogP contribution in [-0.2, 0) is 6.54 Å². The molecule has 0 unspecified atom stereocenters. The number of pyridine rings is 1. The number of anilines is 2. The Balaban J connectivity index is 2.01. The molecule has 0 aliphatic heterocycles. The number of aliphatic hydroxyl groups excluding tert-OH is 1. The molecule has 19 heavy (non-hydrogen) atoms. The molecule has 2 rings (SSSR count). The van der Waals surface area contributed by atoms with Gasteiger partial charge in [-0.15, -0.1) is 0 Å². The summed E-state index contributed by atoms with van der Waals surface area (Å²) < 4.78 is 0. The molecule has 1 aliphatic rings. The molecule has 0 aromatic carbocycles. The lowest BCUT2D eigenvalue weighted by Crippen LogP contribution is -2.28. The first-order valence-electron chi connectivity index (χ1n) is 6.88. The van der Waals surface area contributed by atoms with Crippen molar-refractivity contribution in [3.63, 3.8) is 0 Å². The van der Waals surface area contributed by atoms with Crippen molar-refractivity contribution in [3.8, 4) is 0 Å². The zero-order chi connectivity index (χ0) is 13.8. The van der Waals surface area contributed by atoms with E-state index in [0.29, 0.717) is 11.9 Å². The zero-order valence-electron chi connectivity index (χ0n) is 11.8. The van der Waals surface area contributed by atoms with Gasteiger partial charge in [-0.1, -0.05) is 0 Å². The number of nitrogens with one attached hydrogen (secondary N) is 1. The first kappa shape index (κ1) is 14.1. The molecule has 0 atom stereocenters. The largest absolute Gasteiger partial charge is 0.393 e. The van der Waals surface area contributed by atoms with Crippen molar-refractivity contribution in [1.82, 2.24) is 9.88 Å². The molecule has 1 aromatic heterocycles. The van der Waals surface area contributed by atoms with Crippen LogP contribution in [0.4, 0.5) is 11.6 Å². The second-order valence-electron chi connectivity index (χ2n) is 5.67. The number of hydrogen-bond donors (Lipinski definition) is 3. The maximum absolute atomic E-state index is 9.51. The Morgan fingerprint density at radius 2 is 2.00 bits per heavy atom. The summed E-state index contributed by atoms with van der Waals surface area (Å²) in [6, 6.07) is 4.36. The van der Waals surface area contributed by atoms with Crippen LogP contribution < -0.4 is 11.1 Å². The lowest BCUT2D eigenvalue weighted by molar-refractivity contribution is 0.126. The summed E-state index contributed by atoms with van der Waals surface area (Å²) >= 11 is 0. The topological polar surface area (TPSA) is 74.4 Å². The summed E-state index contributed by atoms with van der Waals surface area (Å²) in [5, 5.41) is 12.9. The second-order valence-corrected chi connectivity index (χ2v) is 5.67. The van der Waals surface area contributed by atoms with Crippen molar-refractivity contribution >= 4 is 11.6 Å². The average molecular weight is 264 g/mol. The highest BCUT2D eigenvalue weighted by Crippen LogP contribution is 2.22. The summed E-state index contributed by atoms with van der Waals surface area (Å²) in [6.07, 6.45) is 3.58. The monoisotopic (exact) mass is 264 g/mol. The number of aliphatic hydroxyl groups is 1. The van der Waals surface area contributed by atoms with Crippen molar-refractivity contribution in [3.05, 3.63) is 17.7 Å². The zero-order valence-corrected chi connectivity index (χ0v) is 11.8. The fraction of sp³-hybridized carbons (Fsp3) is 0.643. The van der Waals surface area contributed by atoms with E-state index in [1.807, 2.05) is 20.2 Å². The Hall–Kier alpha value is -1.33. The van der Waals surface area contributed by atoms with Crippen LogP contribution >= 0.6 is 0 Å². The number of rotatable bonds is 4. The molecule has 1 aliphatic carbocycles. The first-order chi connectivity index (χ1) is 9.02. The van der Waals surface area contributed by atoms with Gasteiger partial charge in [-0.2, -0.15) is 0 Å². The van der Waals surface area contributed by atoms with Gasteiger partial charge >= 0.3 is 0 Å². The van der Waals surface area contributed by atoms with Gasteiger partial charge in [0.25, 0.3) is 0 Å². The summed E-state index contributed by atoms with van der Waals surface area (Å²) in [4.78, 5) is 6.45. The normalized spacial score (nSPS) is 23.6. The third kappa shape index (κ3) is 4.36. The molecular weight excluding hydrogens is 240 g/mol. The summed E-state index contributed by atoms with van der Waals surface area (Å²) in [5.41, 5.74) is 7.02. The van der Waals surface area contributed by atoms with Gasteiger partial charge in [0.1, 0.15) is 11.6 Å². The fourth-order valence-electron chi connectivity index (χ4n) is 2.57. The SMILES string of the molecule is CN(C)Cc1cc(N)nc(NC2CCC(O)CC2)c1. The lowest BCUT2D eigenvalue weighted by atomic mass is 9.93. The Labute approximate surface area is 114 Å². The van der Waals surface area contributed by atoms with E-state index in [0.717, 1.165) is 43.6 Å². The van der Waals surface area contributed by atoms with Gasteiger partial charge in [-0.05, 0) is 57.5 Å². The third-order valence-corrected chi connectivity index (χ3v) is 3.45. The van der Waals surface area contributed by atoms with Crippen molar-refractivity contribution in [1.29, 1.82) is 0 Å². The summed E-state index contributed by atoms with van der Waals surface area (Å²) in [7, 11) is 4.07. The first-order valence-corrected chi connectivity index (χ1v) is 6.88. The maximum atomic E-state index is 9.51. The number of nitrogen functional groups attached to an aromatic ring is 1. The summed E-state index contributed by atoms with van der Waals surface area (Å²) in [5.74, 6) is 1.40. The minimum atomic E-state index is -0.129. The van der Waals surface area contributed by atoms with Crippen LogP contribution in [0.25, 0.3) is 0 Å². The minimum absolute atomic E-state index is 0.129. The van der Waals surface area contributed by atoms with Gasteiger partial charge in [-0.3, -0.25) is 0 Å². The Morgan fingerprint density at radius 1 is 1.32 bits per heavy atom. The third-order valence-electron chi connectivity index (χ3n) is 3.45. The molecule has 1 fully saturated rings. The number of nitrogens with two attached hydrogens (primary N) is 1. The van der Waals surface area contributed by atoms with E-state index < -0.39 is 0 Å². The molecule has 0 spiro atoms. The molecule has 1 aromatic rings. The standard InChI is InChI=1S/C14H24N4O/c1-18(2)9-10-7-13(15)17-14(8-10)16-11-3-5-12(19)6-4-11/h7-8,11-12,19H,3-6,9H2,1-2H3,(H3,15,16,17). The predicted molar refractivity (Wildman–Crippen MR) is 77.9 cm³/mol. The minimum Gasteiger partial charge on any atom is -0.393 e. The van der Waals surface area contributed by atoms with Crippen LogP contribution in [-0.4, -0.2) is 41.2 Å². The van der Waals surface area contributed by atoms with E-state index in [1.165, 1.54) is 0 Å². The number of nitrogens with zero attached hydrogens (tertiary/aromatic N) is 2. The van der Waals surface area contributed by atoms with Crippen molar-refractivity contribution in [2.75, 3.05) is 25.1 Å². The maximum Gasteiger partial charge on any atom is 0.128 e. The molecule has 5 heteroatoms. The van der Waals surface area contributed by atoms with Crippen molar-refractivity contribution in [2.45, 2.75) is 44.4 Å². The lowest BCUT2D eigenvalue weighted by Gasteiger charge is -2.26. The van der Waals surface area contributed by atoms with Gasteiger partial charge in [0.2, 0.25) is 0 Å². The predicted octanol–water partition coefficient (Wildman–Crippen LogP) is 1.44. The molecule has 0 amide bonds. The van der Waals surface area contributed by atoms with E-state index in [-0.39, 0.29) is 6.10 Å². The van der Waals surface area contributed by atoms with Crippen molar-refractivity contribution in [2.24, 2.45) is 0 Å². The molecule has 0 radical (unpaired) electrons. The van der Waals surface area contributed by atoms with E-state index in [4.69, 9.17) is 5.73 Å². The van der Waals surface area contributed by atoms with Gasteiger partial charge in [0, 0.05) is 12.6 Å². The summed E-state index contributed by atoms with van der Waals surface area (Å²) in [6.45, 7) is 0.852. The van der Waals surface area contributed by atoms with Crippen LogP contribution in [0.3, 0.4) is 0 Å². The molecular formula is C14H24N4O. The van der Waals surface area contributed by atoms with Gasteiger partial charge in [-0.25, -0.2) is 4.98 Å². The molecule has 4 N–H and O–H groups in total. The smallest absolute Gasteiger partial charge is 0.128 e. The van der Waals surface area contributed by atoms with Gasteiger partial charge < -0.3 is 21.1 Å². The molecule has 1 heterocycles. The highest BCUT2D eigenvalue weighted by molar-refractivity contribution is 5.47. The molecule has 0 bridgehead atoms. The van der Waals surface area contributed by atoms with E-state index in [2.05, 4.69) is 21.3 Å². The fourth-order valence-corrected chi connectivity index (χ4v) is 2.57. The van der Waals surface area contributed by atoms with E-state index in [1.54, 1.807) is 0 Å². The number of hydrogen-bond acceptors (Lipinski definition) is 5. The van der Waals surface area contributed by atoms with E-state index in [9.17, 15) is 5.11 Å². The van der Waals surface area contributed by atoms with Crippen LogP contribution in [0.1, 0.15) is 31.2 Å². The molecule has 106 valence electrons. The average Bonchev–Trinajstić information content (AvgIpc) is 2.30. The second kappa shape index (κ2) is 6.21. The Kier molecular flexibility index (Phi) is 4.61. The van der Waals surface area contributed by atoms with Gasteiger partial charge in [0.15, 0.2) is 0 Å². The quantitative estimate of drug-likeness (QED) is 0.767. The highest BCUT2D eigenvalue weighted by Gasteiger charge is 2.19. The number of aromatic nitrogens is 1. The van der Waals surface area contributed by atoms with Gasteiger partial charge in [0.05, 0.1) is 6.10 Å². The highest BCUT2D eigenvalue weighted by atomic mass is 16.3. The van der Waals surface area contributed by atoms with Crippen molar-refractivity contribution < 1.29 is 5.11 Å². The van der Waals surface area contributed by atoms with Crippen LogP contribution in [0.15, 0.2) is 12.1 Å². The van der Waals surface area contributed by atoms with Crippen LogP contribution in [0.5, 0.6) is 0 Å². The molecule has 0 saturated heterocycles. The van der Waals surface area contributed by atoms with Crippen LogP contribution in [0.2, 0.25) is 0 Å². The molecule has 5 nitrogen and oxygen atoms in total. The Morgan fingerprint density at radius 3 is 2.63 bits per heavy atom. The van der Waals surface area contributed by atoms with Crippen LogP contribution in [0, 0.1) is 0 Å². The van der Waals surface area contributed by atoms with E-state index >= 15 is 0 Å².